The lowest BCUT2D eigenvalue weighted by Crippen LogP contribution is -2.80. The molecule has 0 radical (unpaired) electrons. The number of rotatable bonds is 7. The van der Waals surface area contributed by atoms with Gasteiger partial charge in [-0.2, -0.15) is 0 Å². The Balaban J connectivity index is 1.17. The topological polar surface area (TPSA) is 60.0 Å². The van der Waals surface area contributed by atoms with E-state index in [9.17, 15) is 4.79 Å². The van der Waals surface area contributed by atoms with Gasteiger partial charge in [0.25, 0.3) is 5.91 Å². The van der Waals surface area contributed by atoms with Crippen LogP contribution in [0, 0.1) is 11.3 Å². The van der Waals surface area contributed by atoms with E-state index in [1.54, 1.807) is 7.11 Å². The van der Waals surface area contributed by atoms with Crippen LogP contribution >= 0.6 is 0 Å². The molecule has 6 nitrogen and oxygen atoms in total. The first-order valence-corrected chi connectivity index (χ1v) is 16.2. The van der Waals surface area contributed by atoms with Crippen molar-refractivity contribution >= 4 is 11.6 Å². The molecule has 2 spiro atoms. The Morgan fingerprint density at radius 1 is 1.02 bits per heavy atom. The van der Waals surface area contributed by atoms with Crippen LogP contribution < -0.4 is 14.8 Å². The molecular weight excluding hydrogens is 536 g/mol. The Bertz CT molecular complexity index is 1620. The van der Waals surface area contributed by atoms with Gasteiger partial charge < -0.3 is 19.5 Å². The second-order valence-electron chi connectivity index (χ2n) is 14.0. The molecule has 7 aliphatic rings. The number of hydrogen-bond acceptors (Lipinski definition) is 5. The molecule has 0 unspecified atom stereocenters. The quantitative estimate of drug-likeness (QED) is 0.356. The first-order chi connectivity index (χ1) is 21.0. The average Bonchev–Trinajstić information content (AvgIpc) is 3.79. The zero-order valence-corrected chi connectivity index (χ0v) is 25.1. The lowest BCUT2D eigenvalue weighted by atomic mass is 9.34. The van der Waals surface area contributed by atoms with Crippen LogP contribution in [0.15, 0.2) is 66.7 Å². The minimum absolute atomic E-state index is 0.0704. The Kier molecular flexibility index (Phi) is 5.51. The standard InChI is InChI=1S/C37H40N2O4/c1-41-29-14-13-26-20-30-35-15-16-37(42-2,34-36(35,31(26)32(29)43-34)17-18-39(30)22-23-11-12-23)28(21-35)25-9-6-10-27(19-25)38-33(40)24-7-4-3-5-8-24/h3-10,13-14,19,23,28,30,34H,11-12,15-18,20-22H2,1-2H3,(H,38,40)/t28-,30-,34-,35-,36+,37-/m1/s1. The van der Waals surface area contributed by atoms with Crippen molar-refractivity contribution in [3.63, 3.8) is 0 Å². The molecule has 1 amide bonds. The number of ether oxygens (including phenoxy) is 3. The minimum atomic E-state index is -0.467. The first kappa shape index (κ1) is 26.1. The Hall–Kier alpha value is -3.35. The Labute approximate surface area is 253 Å². The summed E-state index contributed by atoms with van der Waals surface area (Å²) in [6, 6.07) is 22.9. The summed E-state index contributed by atoms with van der Waals surface area (Å²) in [4.78, 5) is 16.0. The lowest BCUT2D eigenvalue weighted by Gasteiger charge is -2.74. The molecule has 43 heavy (non-hydrogen) atoms. The molecule has 1 N–H and O–H groups in total. The predicted octanol–water partition coefficient (Wildman–Crippen LogP) is 6.34. The summed E-state index contributed by atoms with van der Waals surface area (Å²) in [5.74, 6) is 2.75. The van der Waals surface area contributed by atoms with Crippen LogP contribution in [0.25, 0.3) is 0 Å². The van der Waals surface area contributed by atoms with E-state index in [1.807, 2.05) is 43.5 Å². The zero-order chi connectivity index (χ0) is 29.0. The van der Waals surface area contributed by atoms with Gasteiger partial charge in [0, 0.05) is 53.3 Å². The molecule has 5 fully saturated rings. The van der Waals surface area contributed by atoms with Crippen molar-refractivity contribution in [2.24, 2.45) is 11.3 Å². The summed E-state index contributed by atoms with van der Waals surface area (Å²) in [6.45, 7) is 2.36. The fourth-order valence-electron chi connectivity index (χ4n) is 10.6. The van der Waals surface area contributed by atoms with Crippen molar-refractivity contribution in [1.29, 1.82) is 0 Å². The number of hydrogen-bond donors (Lipinski definition) is 1. The van der Waals surface area contributed by atoms with Gasteiger partial charge in [-0.15, -0.1) is 0 Å². The van der Waals surface area contributed by atoms with E-state index in [-0.39, 0.29) is 28.8 Å². The molecule has 2 heterocycles. The number of nitrogens with zero attached hydrogens (tertiary/aromatic N) is 1. The fraction of sp³-hybridized carbons (Fsp3) is 0.486. The maximum absolute atomic E-state index is 13.1. The molecule has 4 bridgehead atoms. The number of fused-ring (bicyclic) bond motifs is 2. The average molecular weight is 577 g/mol. The van der Waals surface area contributed by atoms with Crippen LogP contribution in [0.5, 0.6) is 11.5 Å². The number of carbonyl (C=O) groups is 1. The molecule has 0 aromatic heterocycles. The number of benzene rings is 3. The summed E-state index contributed by atoms with van der Waals surface area (Å²) in [7, 11) is 3.66. The molecule has 10 rings (SSSR count). The molecule has 2 aliphatic heterocycles. The number of methoxy groups -OCH3 is 2. The van der Waals surface area contributed by atoms with Crippen LogP contribution in [0.3, 0.4) is 0 Å². The van der Waals surface area contributed by atoms with Crippen molar-refractivity contribution in [2.75, 3.05) is 32.6 Å². The molecule has 6 atom stereocenters. The third-order valence-electron chi connectivity index (χ3n) is 12.4. The van der Waals surface area contributed by atoms with E-state index in [0.717, 1.165) is 61.8 Å². The van der Waals surface area contributed by atoms with Crippen LogP contribution in [0.1, 0.15) is 71.5 Å². The van der Waals surface area contributed by atoms with E-state index < -0.39 is 5.60 Å². The molecule has 3 aromatic carbocycles. The second-order valence-corrected chi connectivity index (χ2v) is 14.0. The number of nitrogens with one attached hydrogen (secondary N) is 1. The van der Waals surface area contributed by atoms with Gasteiger partial charge in [0.15, 0.2) is 11.5 Å². The van der Waals surface area contributed by atoms with E-state index >= 15 is 0 Å². The molecule has 3 aromatic rings. The minimum Gasteiger partial charge on any atom is -0.493 e. The van der Waals surface area contributed by atoms with Gasteiger partial charge in [0.05, 0.1) is 7.11 Å². The highest BCUT2D eigenvalue weighted by Gasteiger charge is 2.80. The summed E-state index contributed by atoms with van der Waals surface area (Å²) < 4.78 is 19.9. The van der Waals surface area contributed by atoms with Crippen LogP contribution in [-0.2, 0) is 16.6 Å². The summed E-state index contributed by atoms with van der Waals surface area (Å²) >= 11 is 0. The maximum atomic E-state index is 13.1. The number of piperidine rings is 1. The third kappa shape index (κ3) is 3.34. The zero-order valence-electron chi connectivity index (χ0n) is 25.1. The van der Waals surface area contributed by atoms with Crippen LogP contribution in [0.4, 0.5) is 5.69 Å². The van der Waals surface area contributed by atoms with Gasteiger partial charge in [0.1, 0.15) is 11.7 Å². The Morgan fingerprint density at radius 2 is 1.88 bits per heavy atom. The van der Waals surface area contributed by atoms with Crippen LogP contribution in [-0.4, -0.2) is 55.9 Å². The van der Waals surface area contributed by atoms with E-state index in [0.29, 0.717) is 11.6 Å². The highest BCUT2D eigenvalue weighted by atomic mass is 16.6. The predicted molar refractivity (Wildman–Crippen MR) is 165 cm³/mol. The highest BCUT2D eigenvalue weighted by molar-refractivity contribution is 6.04. The van der Waals surface area contributed by atoms with E-state index in [4.69, 9.17) is 14.2 Å². The van der Waals surface area contributed by atoms with Gasteiger partial charge in [-0.05, 0) is 98.9 Å². The first-order valence-electron chi connectivity index (χ1n) is 16.2. The summed E-state index contributed by atoms with van der Waals surface area (Å²) in [6.07, 6.45) is 8.07. The van der Waals surface area contributed by atoms with Gasteiger partial charge >= 0.3 is 0 Å². The molecule has 222 valence electrons. The molecule has 1 saturated heterocycles. The van der Waals surface area contributed by atoms with Crippen molar-refractivity contribution < 1.29 is 19.0 Å². The fourth-order valence-corrected chi connectivity index (χ4v) is 10.6. The summed E-state index contributed by atoms with van der Waals surface area (Å²) in [5.41, 5.74) is 5.16. The lowest BCUT2D eigenvalue weighted by molar-refractivity contribution is -0.261. The number of amides is 1. The van der Waals surface area contributed by atoms with Gasteiger partial charge in [0.2, 0.25) is 0 Å². The normalized spacial score (nSPS) is 34.8. The summed E-state index contributed by atoms with van der Waals surface area (Å²) in [5, 5.41) is 3.16. The molecular formula is C37H40N2O4. The Morgan fingerprint density at radius 3 is 2.67 bits per heavy atom. The van der Waals surface area contributed by atoms with E-state index in [1.165, 1.54) is 36.1 Å². The van der Waals surface area contributed by atoms with Crippen molar-refractivity contribution in [1.82, 2.24) is 4.90 Å². The van der Waals surface area contributed by atoms with Gasteiger partial charge in [-0.25, -0.2) is 0 Å². The second kappa shape index (κ2) is 9.09. The van der Waals surface area contributed by atoms with Crippen molar-refractivity contribution in [2.45, 2.75) is 74.0 Å². The number of likely N-dealkylation sites (tertiary alicyclic amines) is 1. The van der Waals surface area contributed by atoms with Gasteiger partial charge in [-0.1, -0.05) is 36.4 Å². The SMILES string of the molecule is COc1ccc2c3c1O[C@H]1[C@@]4(OC)CC[C@@]5(C[C@@H]4c4cccc(NC(=O)c6ccccc6)c4)[C@@H](C2)N(CC2CC2)CC[C@]315. The molecule has 4 saturated carbocycles. The third-order valence-corrected chi connectivity index (χ3v) is 12.4. The maximum Gasteiger partial charge on any atom is 0.255 e. The largest absolute Gasteiger partial charge is 0.493 e. The smallest absolute Gasteiger partial charge is 0.255 e. The van der Waals surface area contributed by atoms with Crippen molar-refractivity contribution in [3.8, 4) is 11.5 Å². The van der Waals surface area contributed by atoms with E-state index in [2.05, 4.69) is 40.5 Å². The molecule has 5 aliphatic carbocycles. The van der Waals surface area contributed by atoms with Gasteiger partial charge in [-0.3, -0.25) is 9.69 Å². The highest BCUT2D eigenvalue weighted by Crippen LogP contribution is 2.78. The monoisotopic (exact) mass is 576 g/mol. The van der Waals surface area contributed by atoms with Crippen LogP contribution in [0.2, 0.25) is 0 Å². The number of anilines is 1. The number of carbonyl (C=O) groups excluding carboxylic acids is 1. The molecule has 6 heteroatoms. The van der Waals surface area contributed by atoms with Crippen molar-refractivity contribution in [3.05, 3.63) is 89.0 Å².